The number of rotatable bonds is 4. The van der Waals surface area contributed by atoms with Crippen LogP contribution in [0, 0.1) is 6.92 Å². The normalized spacial score (nSPS) is 18.3. The van der Waals surface area contributed by atoms with Crippen LogP contribution in [0.25, 0.3) is 0 Å². The summed E-state index contributed by atoms with van der Waals surface area (Å²) in [6.45, 7) is 2.26. The number of benzene rings is 2. The number of carbonyl (C=O) groups excluding carboxylic acids is 2. The summed E-state index contributed by atoms with van der Waals surface area (Å²) in [5, 5.41) is 4.18. The fourth-order valence-electron chi connectivity index (χ4n) is 3.10. The molecule has 0 saturated carbocycles. The number of nitrogens with one attached hydrogen (secondary N) is 2. The minimum atomic E-state index is -0.362. The summed E-state index contributed by atoms with van der Waals surface area (Å²) in [7, 11) is 0. The van der Waals surface area contributed by atoms with Crippen molar-refractivity contribution >= 4 is 23.3 Å². The van der Waals surface area contributed by atoms with Crippen LogP contribution in [0.1, 0.15) is 11.1 Å². The molecule has 2 amide bonds. The molecule has 2 aliphatic rings. The first-order valence-corrected chi connectivity index (χ1v) is 8.83. The van der Waals surface area contributed by atoms with Crippen LogP contribution in [0.15, 0.2) is 53.5 Å². The summed E-state index contributed by atoms with van der Waals surface area (Å²) in [6.07, 6.45) is 0.648. The zero-order valence-corrected chi connectivity index (χ0v) is 14.9. The number of amides is 2. The van der Waals surface area contributed by atoms with Gasteiger partial charge in [0.15, 0.2) is 0 Å². The third-order valence-corrected chi connectivity index (χ3v) is 4.55. The van der Waals surface area contributed by atoms with E-state index in [1.54, 1.807) is 0 Å². The lowest BCUT2D eigenvalue weighted by atomic mass is 10.1. The fourth-order valence-corrected chi connectivity index (χ4v) is 3.10. The molecule has 7 nitrogen and oxygen atoms in total. The van der Waals surface area contributed by atoms with E-state index in [2.05, 4.69) is 15.7 Å². The lowest BCUT2D eigenvalue weighted by Crippen LogP contribution is -2.56. The van der Waals surface area contributed by atoms with Crippen molar-refractivity contribution < 1.29 is 14.3 Å². The maximum atomic E-state index is 12.5. The molecule has 0 spiro atoms. The smallest absolute Gasteiger partial charge is 0.288 e. The summed E-state index contributed by atoms with van der Waals surface area (Å²) >= 11 is 0. The second kappa shape index (κ2) is 7.11. The molecule has 2 aromatic carbocycles. The molecular weight excluding hydrogens is 344 g/mol. The molecule has 0 aromatic heterocycles. The van der Waals surface area contributed by atoms with Crippen LogP contribution < -0.4 is 20.5 Å². The number of hydrogen-bond acceptors (Lipinski definition) is 5. The Morgan fingerprint density at radius 3 is 2.81 bits per heavy atom. The number of aryl methyl sites for hydroxylation is 1. The zero-order chi connectivity index (χ0) is 18.8. The second-order valence-electron chi connectivity index (χ2n) is 6.60. The van der Waals surface area contributed by atoms with E-state index in [0.717, 1.165) is 23.3 Å². The third-order valence-electron chi connectivity index (χ3n) is 4.55. The van der Waals surface area contributed by atoms with Gasteiger partial charge in [0.05, 0.1) is 12.2 Å². The van der Waals surface area contributed by atoms with Gasteiger partial charge in [-0.1, -0.05) is 35.9 Å². The molecule has 2 heterocycles. The molecule has 138 valence electrons. The first-order valence-electron chi connectivity index (χ1n) is 8.83. The van der Waals surface area contributed by atoms with Crippen molar-refractivity contribution in [3.8, 4) is 5.75 Å². The summed E-state index contributed by atoms with van der Waals surface area (Å²) < 4.78 is 5.82. The molecule has 2 aromatic rings. The summed E-state index contributed by atoms with van der Waals surface area (Å²) in [6, 6.07) is 15.3. The van der Waals surface area contributed by atoms with Gasteiger partial charge in [-0.25, -0.2) is 5.01 Å². The number of hydrogen-bond donors (Lipinski definition) is 2. The van der Waals surface area contributed by atoms with Crippen molar-refractivity contribution in [2.75, 3.05) is 18.1 Å². The highest BCUT2D eigenvalue weighted by atomic mass is 16.5. The molecule has 2 N–H and O–H groups in total. The molecule has 2 aliphatic heterocycles. The number of para-hydroxylation sites is 1. The van der Waals surface area contributed by atoms with Crippen LogP contribution in [0.3, 0.4) is 0 Å². The minimum Gasteiger partial charge on any atom is -0.488 e. The van der Waals surface area contributed by atoms with Crippen molar-refractivity contribution in [3.05, 3.63) is 59.7 Å². The summed E-state index contributed by atoms with van der Waals surface area (Å²) in [5.74, 6) is 0.399. The molecule has 1 atom stereocenters. The van der Waals surface area contributed by atoms with Gasteiger partial charge < -0.3 is 10.1 Å². The summed E-state index contributed by atoms with van der Waals surface area (Å²) in [4.78, 5) is 28.7. The van der Waals surface area contributed by atoms with E-state index in [4.69, 9.17) is 4.74 Å². The number of hydrazine groups is 1. The van der Waals surface area contributed by atoms with E-state index in [-0.39, 0.29) is 30.3 Å². The van der Waals surface area contributed by atoms with Gasteiger partial charge >= 0.3 is 0 Å². The van der Waals surface area contributed by atoms with Crippen LogP contribution in [0.4, 0.5) is 5.69 Å². The van der Waals surface area contributed by atoms with E-state index >= 15 is 0 Å². The van der Waals surface area contributed by atoms with Gasteiger partial charge in [0.1, 0.15) is 18.4 Å². The van der Waals surface area contributed by atoms with Crippen LogP contribution in [0.5, 0.6) is 5.75 Å². The van der Waals surface area contributed by atoms with E-state index in [9.17, 15) is 9.59 Å². The van der Waals surface area contributed by atoms with Crippen LogP contribution in [-0.4, -0.2) is 36.8 Å². The van der Waals surface area contributed by atoms with Gasteiger partial charge in [-0.2, -0.15) is 0 Å². The van der Waals surface area contributed by atoms with E-state index in [0.29, 0.717) is 12.2 Å². The van der Waals surface area contributed by atoms with Gasteiger partial charge in [0, 0.05) is 6.42 Å². The molecule has 27 heavy (non-hydrogen) atoms. The Hall–Kier alpha value is -3.35. The number of ether oxygens (including phenoxy) is 1. The molecule has 0 aliphatic carbocycles. The molecule has 7 heteroatoms. The maximum Gasteiger partial charge on any atom is 0.288 e. The predicted molar refractivity (Wildman–Crippen MR) is 102 cm³/mol. The van der Waals surface area contributed by atoms with Crippen molar-refractivity contribution in [1.29, 1.82) is 0 Å². The van der Waals surface area contributed by atoms with Crippen LogP contribution in [-0.2, 0) is 16.0 Å². The molecule has 0 radical (unpaired) electrons. The number of aliphatic imine (C=N–C) groups is 1. The fraction of sp³-hybridized carbons (Fsp3) is 0.250. The number of carbonyl (C=O) groups is 2. The van der Waals surface area contributed by atoms with Crippen molar-refractivity contribution in [1.82, 2.24) is 10.7 Å². The molecule has 0 fully saturated rings. The Balaban J connectivity index is 1.36. The highest BCUT2D eigenvalue weighted by Gasteiger charge is 2.27. The lowest BCUT2D eigenvalue weighted by molar-refractivity contribution is -0.118. The molecule has 0 bridgehead atoms. The SMILES string of the molecule is Cc1ccc(N2NC(C(=O)NCC3Cc4ccccc4O3)=NCC2=O)cc1. The monoisotopic (exact) mass is 364 g/mol. The van der Waals surface area contributed by atoms with E-state index in [1.807, 2.05) is 55.5 Å². The van der Waals surface area contributed by atoms with Crippen LogP contribution in [0.2, 0.25) is 0 Å². The average Bonchev–Trinajstić information content (AvgIpc) is 3.10. The van der Waals surface area contributed by atoms with Gasteiger partial charge in [0.2, 0.25) is 5.84 Å². The van der Waals surface area contributed by atoms with Crippen LogP contribution >= 0.6 is 0 Å². The van der Waals surface area contributed by atoms with Gasteiger partial charge in [-0.3, -0.25) is 20.0 Å². The Kier molecular flexibility index (Phi) is 4.50. The average molecular weight is 364 g/mol. The number of amidine groups is 1. The van der Waals surface area contributed by atoms with E-state index in [1.165, 1.54) is 5.01 Å². The number of nitrogens with zero attached hydrogens (tertiary/aromatic N) is 2. The molecule has 0 saturated heterocycles. The lowest BCUT2D eigenvalue weighted by Gasteiger charge is -2.27. The highest BCUT2D eigenvalue weighted by molar-refractivity contribution is 6.39. The first kappa shape index (κ1) is 17.1. The van der Waals surface area contributed by atoms with E-state index < -0.39 is 0 Å². The minimum absolute atomic E-state index is 0.0744. The molecule has 1 unspecified atom stereocenters. The zero-order valence-electron chi connectivity index (χ0n) is 14.9. The Morgan fingerprint density at radius 2 is 2.04 bits per heavy atom. The largest absolute Gasteiger partial charge is 0.488 e. The number of anilines is 1. The first-order chi connectivity index (χ1) is 13.1. The maximum absolute atomic E-state index is 12.5. The number of fused-ring (bicyclic) bond motifs is 1. The Morgan fingerprint density at radius 1 is 1.26 bits per heavy atom. The van der Waals surface area contributed by atoms with Crippen molar-refractivity contribution in [2.24, 2.45) is 4.99 Å². The van der Waals surface area contributed by atoms with Gasteiger partial charge in [0.25, 0.3) is 11.8 Å². The third kappa shape index (κ3) is 3.62. The van der Waals surface area contributed by atoms with Gasteiger partial charge in [-0.15, -0.1) is 0 Å². The topological polar surface area (TPSA) is 83.0 Å². The predicted octanol–water partition coefficient (Wildman–Crippen LogP) is 1.36. The Labute approximate surface area is 157 Å². The highest BCUT2D eigenvalue weighted by Crippen LogP contribution is 2.27. The quantitative estimate of drug-likeness (QED) is 0.858. The molecular formula is C20H20N4O3. The van der Waals surface area contributed by atoms with Crippen molar-refractivity contribution in [3.63, 3.8) is 0 Å². The second-order valence-corrected chi connectivity index (χ2v) is 6.60. The standard InChI is InChI=1S/C20H20N4O3/c1-13-6-8-15(9-7-13)24-18(25)12-21-19(23-24)20(26)22-11-16-10-14-4-2-3-5-17(14)27-16/h2-9,16H,10-12H2,1H3,(H,21,23)(H,22,26). The summed E-state index contributed by atoms with van der Waals surface area (Å²) in [5.41, 5.74) is 5.71. The Bertz CT molecular complexity index is 883. The molecule has 4 rings (SSSR count). The van der Waals surface area contributed by atoms with Gasteiger partial charge in [-0.05, 0) is 30.7 Å². The van der Waals surface area contributed by atoms with Crippen molar-refractivity contribution in [2.45, 2.75) is 19.4 Å².